The van der Waals surface area contributed by atoms with E-state index in [9.17, 15) is 14.9 Å². The number of piperazine rings is 1. The summed E-state index contributed by atoms with van der Waals surface area (Å²) >= 11 is 0. The van der Waals surface area contributed by atoms with E-state index in [0.717, 1.165) is 16.3 Å². The first-order valence-electron chi connectivity index (χ1n) is 10.6. The van der Waals surface area contributed by atoms with Crippen LogP contribution in [0.25, 0.3) is 22.2 Å². The summed E-state index contributed by atoms with van der Waals surface area (Å²) in [5, 5.41) is 21.0. The van der Waals surface area contributed by atoms with Gasteiger partial charge in [0.15, 0.2) is 0 Å². The number of benzene rings is 3. The van der Waals surface area contributed by atoms with Crippen LogP contribution in [-0.4, -0.2) is 57.0 Å². The SMILES string of the molecule is O=C(c1cccc2ccccc12)N1CCN(Cc2nnc(-c3ccc([N+](=O)[O-])cc3)o2)CC1. The van der Waals surface area contributed by atoms with Gasteiger partial charge in [0.2, 0.25) is 11.8 Å². The Balaban J connectivity index is 1.20. The fraction of sp³-hybridized carbons (Fsp3) is 0.208. The standard InChI is InChI=1S/C24H21N5O4/c30-24(21-7-3-5-17-4-1-2-6-20(17)21)28-14-12-27(13-15-28)16-22-25-26-23(33-22)18-8-10-19(11-9-18)29(31)32/h1-11H,12-16H2. The highest BCUT2D eigenvalue weighted by molar-refractivity contribution is 6.07. The number of carbonyl (C=O) groups is 1. The fourth-order valence-electron chi connectivity index (χ4n) is 4.04. The molecule has 5 rings (SSSR count). The van der Waals surface area contributed by atoms with Crippen LogP contribution in [0, 0.1) is 10.1 Å². The van der Waals surface area contributed by atoms with E-state index in [1.54, 1.807) is 12.1 Å². The van der Waals surface area contributed by atoms with Gasteiger partial charge < -0.3 is 9.32 Å². The quantitative estimate of drug-likeness (QED) is 0.342. The largest absolute Gasteiger partial charge is 0.419 e. The van der Waals surface area contributed by atoms with Crippen molar-refractivity contribution in [2.75, 3.05) is 26.2 Å². The van der Waals surface area contributed by atoms with Gasteiger partial charge in [0.25, 0.3) is 11.6 Å². The van der Waals surface area contributed by atoms with Gasteiger partial charge in [-0.3, -0.25) is 19.8 Å². The van der Waals surface area contributed by atoms with Crippen LogP contribution in [0.2, 0.25) is 0 Å². The van der Waals surface area contributed by atoms with Crippen LogP contribution in [0.5, 0.6) is 0 Å². The molecule has 1 aromatic heterocycles. The lowest BCUT2D eigenvalue weighted by molar-refractivity contribution is -0.384. The molecule has 0 unspecified atom stereocenters. The van der Waals surface area contributed by atoms with Crippen molar-refractivity contribution in [1.82, 2.24) is 20.0 Å². The average molecular weight is 443 g/mol. The summed E-state index contributed by atoms with van der Waals surface area (Å²) in [6.45, 7) is 3.12. The molecule has 0 spiro atoms. The van der Waals surface area contributed by atoms with E-state index in [1.165, 1.54) is 12.1 Å². The number of nitrogens with zero attached hydrogens (tertiary/aromatic N) is 5. The summed E-state index contributed by atoms with van der Waals surface area (Å²) in [6.07, 6.45) is 0. The molecule has 0 bridgehead atoms. The van der Waals surface area contributed by atoms with Crippen molar-refractivity contribution in [2.45, 2.75) is 6.54 Å². The molecule has 0 radical (unpaired) electrons. The van der Waals surface area contributed by atoms with E-state index < -0.39 is 4.92 Å². The second-order valence-corrected chi connectivity index (χ2v) is 7.90. The Morgan fingerprint density at radius 1 is 0.939 bits per heavy atom. The molecule has 9 heteroatoms. The molecule has 166 valence electrons. The molecule has 0 atom stereocenters. The Labute approximate surface area is 189 Å². The summed E-state index contributed by atoms with van der Waals surface area (Å²) in [6, 6.07) is 19.7. The molecule has 1 aliphatic heterocycles. The first-order valence-corrected chi connectivity index (χ1v) is 10.6. The third-order valence-electron chi connectivity index (χ3n) is 5.83. The molecule has 1 aliphatic rings. The maximum Gasteiger partial charge on any atom is 0.269 e. The minimum absolute atomic E-state index is 0.00871. The van der Waals surface area contributed by atoms with E-state index in [4.69, 9.17) is 4.42 Å². The third kappa shape index (κ3) is 4.31. The normalized spacial score (nSPS) is 14.5. The zero-order valence-electron chi connectivity index (χ0n) is 17.8. The number of carbonyl (C=O) groups excluding carboxylic acids is 1. The zero-order valence-corrected chi connectivity index (χ0v) is 17.8. The van der Waals surface area contributed by atoms with E-state index in [-0.39, 0.29) is 11.6 Å². The molecule has 4 aromatic rings. The van der Waals surface area contributed by atoms with Crippen molar-refractivity contribution in [3.8, 4) is 11.5 Å². The van der Waals surface area contributed by atoms with Gasteiger partial charge in [-0.2, -0.15) is 0 Å². The van der Waals surface area contributed by atoms with Crippen LogP contribution < -0.4 is 0 Å². The summed E-state index contributed by atoms with van der Waals surface area (Å²) in [5.74, 6) is 0.839. The monoisotopic (exact) mass is 443 g/mol. The number of non-ortho nitro benzene ring substituents is 1. The van der Waals surface area contributed by atoms with Gasteiger partial charge in [-0.15, -0.1) is 10.2 Å². The lowest BCUT2D eigenvalue weighted by Gasteiger charge is -2.34. The molecular weight excluding hydrogens is 422 g/mol. The number of amides is 1. The van der Waals surface area contributed by atoms with Gasteiger partial charge in [-0.1, -0.05) is 36.4 Å². The maximum absolute atomic E-state index is 13.1. The number of aromatic nitrogens is 2. The topological polar surface area (TPSA) is 106 Å². The van der Waals surface area contributed by atoms with Crippen LogP contribution in [0.4, 0.5) is 5.69 Å². The van der Waals surface area contributed by atoms with E-state index in [0.29, 0.717) is 50.1 Å². The predicted molar refractivity (Wildman–Crippen MR) is 122 cm³/mol. The highest BCUT2D eigenvalue weighted by atomic mass is 16.6. The van der Waals surface area contributed by atoms with Crippen molar-refractivity contribution in [3.63, 3.8) is 0 Å². The molecule has 0 aliphatic carbocycles. The van der Waals surface area contributed by atoms with E-state index in [2.05, 4.69) is 15.1 Å². The smallest absolute Gasteiger partial charge is 0.269 e. The van der Waals surface area contributed by atoms with Gasteiger partial charge in [-0.25, -0.2) is 0 Å². The minimum Gasteiger partial charge on any atom is -0.419 e. The molecule has 3 aromatic carbocycles. The second kappa shape index (κ2) is 8.79. The first-order chi connectivity index (χ1) is 16.1. The molecular formula is C24H21N5O4. The summed E-state index contributed by atoms with van der Waals surface area (Å²) < 4.78 is 5.75. The second-order valence-electron chi connectivity index (χ2n) is 7.90. The lowest BCUT2D eigenvalue weighted by atomic mass is 10.0. The molecule has 1 fully saturated rings. The number of hydrogen-bond acceptors (Lipinski definition) is 7. The summed E-state index contributed by atoms with van der Waals surface area (Å²) in [5.41, 5.74) is 1.37. The average Bonchev–Trinajstić information content (AvgIpc) is 3.32. The number of nitro benzene ring substituents is 1. The summed E-state index contributed by atoms with van der Waals surface area (Å²) in [4.78, 5) is 27.5. The third-order valence-corrected chi connectivity index (χ3v) is 5.83. The predicted octanol–water partition coefficient (Wildman–Crippen LogP) is 3.76. The van der Waals surface area contributed by atoms with Gasteiger partial charge in [0, 0.05) is 49.4 Å². The van der Waals surface area contributed by atoms with E-state index in [1.807, 2.05) is 47.4 Å². The molecule has 9 nitrogen and oxygen atoms in total. The van der Waals surface area contributed by atoms with Crippen LogP contribution in [0.1, 0.15) is 16.2 Å². The van der Waals surface area contributed by atoms with E-state index >= 15 is 0 Å². The Morgan fingerprint density at radius 3 is 2.42 bits per heavy atom. The molecule has 1 amide bonds. The van der Waals surface area contributed by atoms with Gasteiger partial charge in [-0.05, 0) is 29.0 Å². The zero-order chi connectivity index (χ0) is 22.8. The van der Waals surface area contributed by atoms with Crippen LogP contribution in [-0.2, 0) is 6.54 Å². The van der Waals surface area contributed by atoms with Crippen LogP contribution >= 0.6 is 0 Å². The first kappa shape index (κ1) is 20.8. The number of hydrogen-bond donors (Lipinski definition) is 0. The number of nitro groups is 1. The Kier molecular flexibility index (Phi) is 5.54. The maximum atomic E-state index is 13.1. The van der Waals surface area contributed by atoms with Crippen molar-refractivity contribution < 1.29 is 14.1 Å². The molecule has 1 saturated heterocycles. The molecule has 0 saturated carbocycles. The van der Waals surface area contributed by atoms with Crippen molar-refractivity contribution in [1.29, 1.82) is 0 Å². The fourth-order valence-corrected chi connectivity index (χ4v) is 4.04. The number of fused-ring (bicyclic) bond motifs is 1. The highest BCUT2D eigenvalue weighted by Gasteiger charge is 2.24. The van der Waals surface area contributed by atoms with Gasteiger partial charge in [0.05, 0.1) is 11.5 Å². The highest BCUT2D eigenvalue weighted by Crippen LogP contribution is 2.23. The molecule has 0 N–H and O–H groups in total. The van der Waals surface area contributed by atoms with Crippen molar-refractivity contribution in [3.05, 3.63) is 88.3 Å². The van der Waals surface area contributed by atoms with Crippen molar-refractivity contribution in [2.24, 2.45) is 0 Å². The Morgan fingerprint density at radius 2 is 1.67 bits per heavy atom. The minimum atomic E-state index is -0.451. The Hall–Kier alpha value is -4.11. The molecule has 33 heavy (non-hydrogen) atoms. The van der Waals surface area contributed by atoms with Crippen molar-refractivity contribution >= 4 is 22.4 Å². The van der Waals surface area contributed by atoms with Gasteiger partial charge in [0.1, 0.15) is 0 Å². The molecule has 2 heterocycles. The van der Waals surface area contributed by atoms with Crippen LogP contribution in [0.3, 0.4) is 0 Å². The lowest BCUT2D eigenvalue weighted by Crippen LogP contribution is -2.48. The van der Waals surface area contributed by atoms with Crippen LogP contribution in [0.15, 0.2) is 71.1 Å². The summed E-state index contributed by atoms with van der Waals surface area (Å²) in [7, 11) is 0. The number of rotatable bonds is 5. The Bertz CT molecular complexity index is 1300. The van der Waals surface area contributed by atoms with Gasteiger partial charge >= 0.3 is 0 Å².